The van der Waals surface area contributed by atoms with Crippen molar-refractivity contribution < 1.29 is 0 Å². The normalized spacial score (nSPS) is 15.4. The molecule has 35 heavy (non-hydrogen) atoms. The van der Waals surface area contributed by atoms with E-state index in [1.807, 2.05) is 96.0 Å². The summed E-state index contributed by atoms with van der Waals surface area (Å²) >= 11 is 13.0. The van der Waals surface area contributed by atoms with Crippen LogP contribution >= 0.6 is 23.2 Å². The fourth-order valence-electron chi connectivity index (χ4n) is 4.49. The van der Waals surface area contributed by atoms with E-state index in [0.29, 0.717) is 22.4 Å². The molecule has 170 valence electrons. The molecule has 6 rings (SSSR count). The molecule has 0 aliphatic carbocycles. The van der Waals surface area contributed by atoms with Crippen LogP contribution < -0.4 is 5.01 Å². The first-order valence-corrected chi connectivity index (χ1v) is 12.1. The number of hydrogen-bond donors (Lipinski definition) is 0. The predicted molar refractivity (Wildman–Crippen MR) is 144 cm³/mol. The van der Waals surface area contributed by atoms with Gasteiger partial charge in [-0.3, -0.25) is 0 Å². The van der Waals surface area contributed by atoms with E-state index in [1.54, 1.807) is 0 Å². The van der Waals surface area contributed by atoms with E-state index in [0.717, 1.165) is 39.0 Å². The zero-order chi connectivity index (χ0) is 23.8. The molecular weight excluding hydrogens is 475 g/mol. The molecule has 0 radical (unpaired) electrons. The summed E-state index contributed by atoms with van der Waals surface area (Å²) in [5.74, 6) is 0.523. The molecule has 1 aliphatic rings. The fraction of sp³-hybridized carbons (Fsp3) is 0.0690. The zero-order valence-electron chi connectivity index (χ0n) is 18.6. The first-order valence-electron chi connectivity index (χ1n) is 11.4. The van der Waals surface area contributed by atoms with Gasteiger partial charge in [-0.25, -0.2) is 15.0 Å². The number of rotatable bonds is 4. The number of benzene rings is 4. The molecule has 0 saturated heterocycles. The Morgan fingerprint density at radius 2 is 1.40 bits per heavy atom. The summed E-state index contributed by atoms with van der Waals surface area (Å²) in [6.45, 7) is 0. The quantitative estimate of drug-likeness (QED) is 0.254. The first kappa shape index (κ1) is 21.8. The smallest absolute Gasteiger partial charge is 0.223 e. The lowest BCUT2D eigenvalue weighted by atomic mass is 9.98. The largest absolute Gasteiger partial charge is 0.247 e. The number of hydrazone groups is 1. The molecule has 1 atom stereocenters. The zero-order valence-corrected chi connectivity index (χ0v) is 20.2. The Morgan fingerprint density at radius 1 is 0.714 bits per heavy atom. The maximum atomic E-state index is 6.66. The molecule has 1 unspecified atom stereocenters. The van der Waals surface area contributed by atoms with Crippen LogP contribution in [0.25, 0.3) is 22.2 Å². The Balaban J connectivity index is 1.56. The summed E-state index contributed by atoms with van der Waals surface area (Å²) in [6.07, 6.45) is 0.691. The third-order valence-electron chi connectivity index (χ3n) is 6.18. The van der Waals surface area contributed by atoms with Gasteiger partial charge in [0.1, 0.15) is 0 Å². The van der Waals surface area contributed by atoms with Crippen LogP contribution in [0.3, 0.4) is 0 Å². The number of nitrogens with zero attached hydrogens (tertiary/aromatic N) is 4. The van der Waals surface area contributed by atoms with Crippen LogP contribution in [0.4, 0.5) is 5.95 Å². The van der Waals surface area contributed by atoms with Gasteiger partial charge in [-0.1, -0.05) is 102 Å². The molecule has 0 bridgehead atoms. The van der Waals surface area contributed by atoms with Crippen LogP contribution in [0.5, 0.6) is 0 Å². The molecule has 0 saturated carbocycles. The van der Waals surface area contributed by atoms with Crippen molar-refractivity contribution in [3.8, 4) is 11.3 Å². The minimum atomic E-state index is -0.132. The molecule has 2 heterocycles. The van der Waals surface area contributed by atoms with Gasteiger partial charge in [0.2, 0.25) is 5.95 Å². The van der Waals surface area contributed by atoms with Gasteiger partial charge < -0.3 is 0 Å². The fourth-order valence-corrected chi connectivity index (χ4v) is 4.93. The second-order valence-corrected chi connectivity index (χ2v) is 9.24. The van der Waals surface area contributed by atoms with Gasteiger partial charge in [0, 0.05) is 27.4 Å². The average Bonchev–Trinajstić information content (AvgIpc) is 3.35. The summed E-state index contributed by atoms with van der Waals surface area (Å²) in [4.78, 5) is 9.96. The van der Waals surface area contributed by atoms with Crippen LogP contribution in [-0.4, -0.2) is 15.7 Å². The van der Waals surface area contributed by atoms with E-state index in [9.17, 15) is 0 Å². The molecule has 1 aromatic heterocycles. The minimum Gasteiger partial charge on any atom is -0.223 e. The van der Waals surface area contributed by atoms with Gasteiger partial charge in [0.15, 0.2) is 0 Å². The highest BCUT2D eigenvalue weighted by molar-refractivity contribution is 6.31. The Labute approximate surface area is 213 Å². The van der Waals surface area contributed by atoms with Crippen molar-refractivity contribution >= 4 is 45.8 Å². The Kier molecular flexibility index (Phi) is 5.69. The van der Waals surface area contributed by atoms with Crippen molar-refractivity contribution in [2.24, 2.45) is 5.10 Å². The summed E-state index contributed by atoms with van der Waals surface area (Å²) in [6, 6.07) is 33.7. The number of hydrogen-bond acceptors (Lipinski definition) is 4. The molecule has 0 amide bonds. The topological polar surface area (TPSA) is 41.4 Å². The predicted octanol–water partition coefficient (Wildman–Crippen LogP) is 7.96. The van der Waals surface area contributed by atoms with Gasteiger partial charge in [-0.05, 0) is 35.4 Å². The summed E-state index contributed by atoms with van der Waals surface area (Å²) in [5, 5.41) is 9.17. The van der Waals surface area contributed by atoms with Crippen LogP contribution in [0.15, 0.2) is 108 Å². The molecule has 6 heteroatoms. The first-order chi connectivity index (χ1) is 17.2. The summed E-state index contributed by atoms with van der Waals surface area (Å²) in [7, 11) is 0. The van der Waals surface area contributed by atoms with Crippen molar-refractivity contribution in [1.29, 1.82) is 0 Å². The van der Waals surface area contributed by atoms with Gasteiger partial charge in [-0.15, -0.1) is 0 Å². The van der Waals surface area contributed by atoms with E-state index >= 15 is 0 Å². The van der Waals surface area contributed by atoms with Gasteiger partial charge in [-0.2, -0.15) is 5.10 Å². The monoisotopic (exact) mass is 494 g/mol. The highest BCUT2D eigenvalue weighted by atomic mass is 35.5. The van der Waals surface area contributed by atoms with Gasteiger partial charge >= 0.3 is 0 Å². The average molecular weight is 495 g/mol. The van der Waals surface area contributed by atoms with Gasteiger partial charge in [0.05, 0.1) is 23.0 Å². The summed E-state index contributed by atoms with van der Waals surface area (Å²) in [5.41, 5.74) is 5.64. The number of fused-ring (bicyclic) bond motifs is 1. The highest BCUT2D eigenvalue weighted by Gasteiger charge is 2.33. The molecule has 4 aromatic carbocycles. The lowest BCUT2D eigenvalue weighted by Crippen LogP contribution is -2.21. The van der Waals surface area contributed by atoms with E-state index in [1.165, 1.54) is 0 Å². The van der Waals surface area contributed by atoms with E-state index in [-0.39, 0.29) is 6.04 Å². The Morgan fingerprint density at radius 3 is 2.14 bits per heavy atom. The second kappa shape index (κ2) is 9.14. The van der Waals surface area contributed by atoms with Crippen molar-refractivity contribution in [1.82, 2.24) is 9.97 Å². The Hall–Kier alpha value is -3.73. The van der Waals surface area contributed by atoms with E-state index in [2.05, 4.69) is 12.1 Å². The van der Waals surface area contributed by atoms with Crippen molar-refractivity contribution in [2.75, 3.05) is 5.01 Å². The number of aromatic nitrogens is 2. The van der Waals surface area contributed by atoms with Crippen molar-refractivity contribution in [2.45, 2.75) is 12.5 Å². The standard InChI is InChI=1S/C29H20Cl2N4/c30-21-15-16-25-23(17-21)28(20-11-5-2-6-12-20)33-29(32-25)35-27(22-13-7-8-14-24(22)31)18-26(34-35)19-9-3-1-4-10-19/h1-17,27H,18H2. The molecular formula is C29H20Cl2N4. The SMILES string of the molecule is Clc1ccc2nc(N3N=C(c4ccccc4)CC3c3ccccc3Cl)nc(-c3ccccc3)c2c1. The number of anilines is 1. The minimum absolute atomic E-state index is 0.132. The van der Waals surface area contributed by atoms with Gasteiger partial charge in [0.25, 0.3) is 0 Å². The maximum Gasteiger partial charge on any atom is 0.247 e. The lowest BCUT2D eigenvalue weighted by Gasteiger charge is -2.23. The third-order valence-corrected chi connectivity index (χ3v) is 6.76. The lowest BCUT2D eigenvalue weighted by molar-refractivity contribution is 0.689. The molecule has 0 spiro atoms. The van der Waals surface area contributed by atoms with Crippen LogP contribution in [0.1, 0.15) is 23.6 Å². The van der Waals surface area contributed by atoms with Crippen LogP contribution in [0, 0.1) is 0 Å². The molecule has 5 aromatic rings. The highest BCUT2D eigenvalue weighted by Crippen LogP contribution is 2.40. The second-order valence-electron chi connectivity index (χ2n) is 8.40. The molecule has 0 N–H and O–H groups in total. The molecule has 4 nitrogen and oxygen atoms in total. The maximum absolute atomic E-state index is 6.66. The van der Waals surface area contributed by atoms with Crippen LogP contribution in [0.2, 0.25) is 10.0 Å². The Bertz CT molecular complexity index is 1550. The molecule has 0 fully saturated rings. The third kappa shape index (κ3) is 4.16. The molecule has 1 aliphatic heterocycles. The number of halogens is 2. The van der Waals surface area contributed by atoms with Crippen LogP contribution in [-0.2, 0) is 0 Å². The van der Waals surface area contributed by atoms with E-state index in [4.69, 9.17) is 38.3 Å². The van der Waals surface area contributed by atoms with Crippen molar-refractivity contribution in [3.05, 3.63) is 124 Å². The van der Waals surface area contributed by atoms with Crippen molar-refractivity contribution in [3.63, 3.8) is 0 Å². The van der Waals surface area contributed by atoms with E-state index < -0.39 is 0 Å². The summed E-state index contributed by atoms with van der Waals surface area (Å²) < 4.78 is 0.